The Morgan fingerprint density at radius 3 is 2.56 bits per heavy atom. The first-order chi connectivity index (χ1) is 7.55. The third-order valence-electron chi connectivity index (χ3n) is 2.59. The van der Waals surface area contributed by atoms with Gasteiger partial charge in [0.25, 0.3) is 0 Å². The van der Waals surface area contributed by atoms with Gasteiger partial charge in [-0.05, 0) is 11.8 Å². The van der Waals surface area contributed by atoms with E-state index in [0.29, 0.717) is 19.6 Å². The first-order valence-corrected chi connectivity index (χ1v) is 5.75. The minimum absolute atomic E-state index is 0.110. The lowest BCUT2D eigenvalue weighted by atomic mass is 9.87. The lowest BCUT2D eigenvalue weighted by molar-refractivity contribution is 0.0990. The molecule has 0 bridgehead atoms. The zero-order valence-electron chi connectivity index (χ0n) is 10.7. The van der Waals surface area contributed by atoms with E-state index in [2.05, 4.69) is 24.8 Å². The van der Waals surface area contributed by atoms with E-state index in [-0.39, 0.29) is 12.0 Å². The standard InChI is InChI=1S/C12H24N2O2/c1-12(2,5-4-6-13)11-14(7-9-15)8-10-16-3/h15H,4-5,7-11H2,1-3H3. The highest BCUT2D eigenvalue weighted by Crippen LogP contribution is 2.23. The molecule has 0 aliphatic heterocycles. The van der Waals surface area contributed by atoms with E-state index in [1.807, 2.05) is 0 Å². The summed E-state index contributed by atoms with van der Waals surface area (Å²) in [6.45, 7) is 7.53. The highest BCUT2D eigenvalue weighted by molar-refractivity contribution is 4.80. The number of hydrogen-bond acceptors (Lipinski definition) is 4. The summed E-state index contributed by atoms with van der Waals surface area (Å²) in [7, 11) is 1.68. The molecule has 0 fully saturated rings. The van der Waals surface area contributed by atoms with Gasteiger partial charge in [-0.25, -0.2) is 0 Å². The topological polar surface area (TPSA) is 56.5 Å². The molecule has 94 valence electrons. The van der Waals surface area contributed by atoms with Crippen molar-refractivity contribution in [1.82, 2.24) is 4.90 Å². The number of nitriles is 1. The summed E-state index contributed by atoms with van der Waals surface area (Å²) in [6, 6.07) is 2.18. The summed E-state index contributed by atoms with van der Waals surface area (Å²) < 4.78 is 5.04. The molecule has 0 unspecified atom stereocenters. The quantitative estimate of drug-likeness (QED) is 0.645. The Kier molecular flexibility index (Phi) is 8.18. The molecule has 0 aromatic carbocycles. The van der Waals surface area contributed by atoms with Crippen molar-refractivity contribution < 1.29 is 9.84 Å². The SMILES string of the molecule is COCCN(CCO)CC(C)(C)CCC#N. The average Bonchev–Trinajstić information content (AvgIpc) is 2.23. The van der Waals surface area contributed by atoms with E-state index in [0.717, 1.165) is 19.5 Å². The monoisotopic (exact) mass is 228 g/mol. The molecule has 4 heteroatoms. The number of rotatable bonds is 9. The molecule has 1 N–H and O–H groups in total. The minimum atomic E-state index is 0.110. The van der Waals surface area contributed by atoms with Gasteiger partial charge < -0.3 is 9.84 Å². The first kappa shape index (κ1) is 15.4. The zero-order valence-corrected chi connectivity index (χ0v) is 10.7. The summed E-state index contributed by atoms with van der Waals surface area (Å²) in [5, 5.41) is 17.6. The average molecular weight is 228 g/mol. The maximum Gasteiger partial charge on any atom is 0.0621 e. The van der Waals surface area contributed by atoms with E-state index in [1.165, 1.54) is 0 Å². The lowest BCUT2D eigenvalue weighted by Crippen LogP contribution is -2.38. The van der Waals surface area contributed by atoms with Crippen LogP contribution in [0.1, 0.15) is 26.7 Å². The summed E-state index contributed by atoms with van der Waals surface area (Å²) in [5.74, 6) is 0. The molecular weight excluding hydrogens is 204 g/mol. The Hall–Kier alpha value is -0.630. The molecule has 4 nitrogen and oxygen atoms in total. The van der Waals surface area contributed by atoms with Gasteiger partial charge in [0.05, 0.1) is 19.3 Å². The highest BCUT2D eigenvalue weighted by atomic mass is 16.5. The molecule has 0 rings (SSSR count). The molecule has 0 heterocycles. The second-order valence-electron chi connectivity index (χ2n) is 4.81. The van der Waals surface area contributed by atoms with Crippen LogP contribution in [0.25, 0.3) is 0 Å². The molecule has 0 spiro atoms. The Balaban J connectivity index is 4.08. The van der Waals surface area contributed by atoms with Gasteiger partial charge >= 0.3 is 0 Å². The fourth-order valence-electron chi connectivity index (χ4n) is 1.71. The van der Waals surface area contributed by atoms with E-state index in [9.17, 15) is 0 Å². The van der Waals surface area contributed by atoms with E-state index in [1.54, 1.807) is 7.11 Å². The maximum absolute atomic E-state index is 8.97. The number of methoxy groups -OCH3 is 1. The van der Waals surface area contributed by atoms with Crippen molar-refractivity contribution in [3.05, 3.63) is 0 Å². The van der Waals surface area contributed by atoms with Crippen molar-refractivity contribution in [3.8, 4) is 6.07 Å². The van der Waals surface area contributed by atoms with Gasteiger partial charge in [-0.15, -0.1) is 0 Å². The third kappa shape index (κ3) is 7.63. The molecule has 0 aliphatic carbocycles. The van der Waals surface area contributed by atoms with Crippen molar-refractivity contribution in [2.75, 3.05) is 40.0 Å². The molecule has 0 aliphatic rings. The van der Waals surface area contributed by atoms with Gasteiger partial charge in [0.2, 0.25) is 0 Å². The maximum atomic E-state index is 8.97. The smallest absolute Gasteiger partial charge is 0.0621 e. The largest absolute Gasteiger partial charge is 0.395 e. The molecule has 0 radical (unpaired) electrons. The number of aliphatic hydroxyl groups excluding tert-OH is 1. The third-order valence-corrected chi connectivity index (χ3v) is 2.59. The van der Waals surface area contributed by atoms with Crippen LogP contribution in [0.15, 0.2) is 0 Å². The summed E-state index contributed by atoms with van der Waals surface area (Å²) in [5.41, 5.74) is 0.110. The Morgan fingerprint density at radius 2 is 2.06 bits per heavy atom. The molecule has 0 saturated carbocycles. The van der Waals surface area contributed by atoms with Crippen LogP contribution in [0.5, 0.6) is 0 Å². The van der Waals surface area contributed by atoms with Gasteiger partial charge in [0.15, 0.2) is 0 Å². The van der Waals surface area contributed by atoms with Crippen LogP contribution >= 0.6 is 0 Å². The van der Waals surface area contributed by atoms with Crippen LogP contribution in [0.2, 0.25) is 0 Å². The van der Waals surface area contributed by atoms with Crippen LogP contribution in [0, 0.1) is 16.7 Å². The van der Waals surface area contributed by atoms with E-state index >= 15 is 0 Å². The van der Waals surface area contributed by atoms with Crippen LogP contribution < -0.4 is 0 Å². The van der Waals surface area contributed by atoms with Crippen molar-refractivity contribution >= 4 is 0 Å². The zero-order chi connectivity index (χ0) is 12.4. The predicted octanol–water partition coefficient (Wildman–Crippen LogP) is 1.26. The molecule has 0 aromatic heterocycles. The first-order valence-electron chi connectivity index (χ1n) is 5.75. The molecular formula is C12H24N2O2. The molecule has 0 amide bonds. The van der Waals surface area contributed by atoms with E-state index < -0.39 is 0 Å². The molecule has 0 aromatic rings. The normalized spacial score (nSPS) is 11.8. The van der Waals surface area contributed by atoms with Crippen molar-refractivity contribution in [2.45, 2.75) is 26.7 Å². The predicted molar refractivity (Wildman–Crippen MR) is 64.0 cm³/mol. The number of aliphatic hydroxyl groups is 1. The highest BCUT2D eigenvalue weighted by Gasteiger charge is 2.21. The Labute approximate surface area is 98.8 Å². The van der Waals surface area contributed by atoms with Crippen molar-refractivity contribution in [2.24, 2.45) is 5.41 Å². The van der Waals surface area contributed by atoms with Gasteiger partial charge in [0.1, 0.15) is 0 Å². The fraction of sp³-hybridized carbons (Fsp3) is 0.917. The summed E-state index contributed by atoms with van der Waals surface area (Å²) in [4.78, 5) is 2.18. The molecule has 16 heavy (non-hydrogen) atoms. The Bertz CT molecular complexity index is 212. The van der Waals surface area contributed by atoms with Crippen LogP contribution in [-0.2, 0) is 4.74 Å². The van der Waals surface area contributed by atoms with Crippen LogP contribution in [0.3, 0.4) is 0 Å². The molecule has 0 saturated heterocycles. The second kappa shape index (κ2) is 8.51. The number of hydrogen-bond donors (Lipinski definition) is 1. The van der Waals surface area contributed by atoms with Crippen LogP contribution in [0.4, 0.5) is 0 Å². The van der Waals surface area contributed by atoms with Crippen LogP contribution in [-0.4, -0.2) is 50.0 Å². The number of ether oxygens (including phenoxy) is 1. The van der Waals surface area contributed by atoms with Crippen molar-refractivity contribution in [3.63, 3.8) is 0 Å². The fourth-order valence-corrected chi connectivity index (χ4v) is 1.71. The van der Waals surface area contributed by atoms with Crippen molar-refractivity contribution in [1.29, 1.82) is 5.26 Å². The van der Waals surface area contributed by atoms with Gasteiger partial charge in [-0.1, -0.05) is 13.8 Å². The minimum Gasteiger partial charge on any atom is -0.395 e. The van der Waals surface area contributed by atoms with Gasteiger partial charge in [-0.2, -0.15) is 5.26 Å². The summed E-state index contributed by atoms with van der Waals surface area (Å²) in [6.07, 6.45) is 1.47. The summed E-state index contributed by atoms with van der Waals surface area (Å²) >= 11 is 0. The van der Waals surface area contributed by atoms with Gasteiger partial charge in [-0.3, -0.25) is 4.90 Å². The molecule has 0 atom stereocenters. The van der Waals surface area contributed by atoms with Gasteiger partial charge in [0, 0.05) is 33.2 Å². The Morgan fingerprint density at radius 1 is 1.38 bits per heavy atom. The number of nitrogens with zero attached hydrogens (tertiary/aromatic N) is 2. The van der Waals surface area contributed by atoms with E-state index in [4.69, 9.17) is 15.1 Å². The lowest BCUT2D eigenvalue weighted by Gasteiger charge is -2.31. The second-order valence-corrected chi connectivity index (χ2v) is 4.81.